The van der Waals surface area contributed by atoms with Crippen LogP contribution < -0.4 is 10.6 Å². The topological polar surface area (TPSA) is 116 Å². The van der Waals surface area contributed by atoms with Gasteiger partial charge in [-0.1, -0.05) is 30.3 Å². The highest BCUT2D eigenvalue weighted by molar-refractivity contribution is 7.89. The maximum absolute atomic E-state index is 13.0. The van der Waals surface area contributed by atoms with Crippen LogP contribution >= 0.6 is 0 Å². The molecule has 1 saturated heterocycles. The predicted octanol–water partition coefficient (Wildman–Crippen LogP) is 1.16. The van der Waals surface area contributed by atoms with Crippen LogP contribution in [0.1, 0.15) is 35.7 Å². The second kappa shape index (κ2) is 10.6. The van der Waals surface area contributed by atoms with Gasteiger partial charge in [0.15, 0.2) is 0 Å². The largest absolute Gasteiger partial charge is 0.352 e. The number of nitrogens with zero attached hydrogens (tertiary/aromatic N) is 2. The molecular formula is C25H30N4O5S. The zero-order chi connectivity index (χ0) is 25.0. The Balaban J connectivity index is 1.43. The molecule has 1 atom stereocenters. The summed E-state index contributed by atoms with van der Waals surface area (Å²) in [5.41, 5.74) is 1.19. The van der Waals surface area contributed by atoms with Crippen LogP contribution in [0.25, 0.3) is 0 Å². The van der Waals surface area contributed by atoms with Crippen molar-refractivity contribution in [1.82, 2.24) is 19.8 Å². The zero-order valence-electron chi connectivity index (χ0n) is 19.6. The first-order valence-corrected chi connectivity index (χ1v) is 13.2. The molecule has 1 aliphatic carbocycles. The molecule has 3 amide bonds. The summed E-state index contributed by atoms with van der Waals surface area (Å²) in [5, 5.41) is 5.75. The third kappa shape index (κ3) is 6.26. The Morgan fingerprint density at radius 3 is 2.14 bits per heavy atom. The maximum atomic E-state index is 13.0. The SMILES string of the molecule is CC(=O)N1CCN(S(=O)(=O)c2ccc(C(=O)NC(Cc3ccccc3)C(=O)NC3CC3)cc2)CC1. The summed E-state index contributed by atoms with van der Waals surface area (Å²) in [4.78, 5) is 38.9. The minimum Gasteiger partial charge on any atom is -0.352 e. The van der Waals surface area contributed by atoms with Gasteiger partial charge >= 0.3 is 0 Å². The number of carbonyl (C=O) groups is 3. The number of benzene rings is 2. The van der Waals surface area contributed by atoms with Crippen molar-refractivity contribution in [2.45, 2.75) is 43.2 Å². The molecule has 2 aromatic carbocycles. The zero-order valence-corrected chi connectivity index (χ0v) is 20.5. The molecule has 35 heavy (non-hydrogen) atoms. The van der Waals surface area contributed by atoms with Gasteiger partial charge in [0.2, 0.25) is 21.8 Å². The van der Waals surface area contributed by atoms with Crippen molar-refractivity contribution in [2.75, 3.05) is 26.2 Å². The summed E-state index contributed by atoms with van der Waals surface area (Å²) in [5.74, 6) is -0.752. The lowest BCUT2D eigenvalue weighted by Crippen LogP contribution is -2.50. The number of piperazine rings is 1. The van der Waals surface area contributed by atoms with Gasteiger partial charge in [-0.05, 0) is 42.7 Å². The van der Waals surface area contributed by atoms with E-state index in [1.807, 2.05) is 30.3 Å². The van der Waals surface area contributed by atoms with Gasteiger partial charge in [-0.25, -0.2) is 8.42 Å². The molecule has 186 valence electrons. The van der Waals surface area contributed by atoms with E-state index < -0.39 is 22.0 Å². The molecule has 0 spiro atoms. The van der Waals surface area contributed by atoms with Crippen molar-refractivity contribution >= 4 is 27.7 Å². The molecule has 1 aliphatic heterocycles. The summed E-state index contributed by atoms with van der Waals surface area (Å²) in [7, 11) is -3.74. The van der Waals surface area contributed by atoms with Crippen molar-refractivity contribution in [3.8, 4) is 0 Å². The highest BCUT2D eigenvalue weighted by atomic mass is 32.2. The van der Waals surface area contributed by atoms with Crippen LogP contribution in [0.4, 0.5) is 0 Å². The van der Waals surface area contributed by atoms with Crippen molar-refractivity contribution < 1.29 is 22.8 Å². The Hall–Kier alpha value is -3.24. The lowest BCUT2D eigenvalue weighted by molar-refractivity contribution is -0.130. The van der Waals surface area contributed by atoms with Crippen molar-refractivity contribution in [3.63, 3.8) is 0 Å². The van der Waals surface area contributed by atoms with E-state index in [4.69, 9.17) is 0 Å². The maximum Gasteiger partial charge on any atom is 0.251 e. The average Bonchev–Trinajstić information content (AvgIpc) is 3.68. The monoisotopic (exact) mass is 498 g/mol. The third-order valence-corrected chi connectivity index (χ3v) is 8.18. The van der Waals surface area contributed by atoms with Gasteiger partial charge in [-0.15, -0.1) is 0 Å². The normalized spacial score (nSPS) is 17.5. The first-order chi connectivity index (χ1) is 16.7. The van der Waals surface area contributed by atoms with Gasteiger partial charge in [0.25, 0.3) is 5.91 Å². The molecule has 1 unspecified atom stereocenters. The number of amides is 3. The lowest BCUT2D eigenvalue weighted by atomic mass is 10.0. The molecule has 0 aromatic heterocycles. The van der Waals surface area contributed by atoms with Crippen LogP contribution in [0.15, 0.2) is 59.5 Å². The van der Waals surface area contributed by atoms with Crippen molar-refractivity contribution in [1.29, 1.82) is 0 Å². The quantitative estimate of drug-likeness (QED) is 0.567. The van der Waals surface area contributed by atoms with E-state index >= 15 is 0 Å². The third-order valence-electron chi connectivity index (χ3n) is 6.27. The Morgan fingerprint density at radius 1 is 0.943 bits per heavy atom. The minimum atomic E-state index is -3.74. The van der Waals surface area contributed by atoms with E-state index in [0.29, 0.717) is 19.5 Å². The van der Waals surface area contributed by atoms with Gasteiger partial charge in [0, 0.05) is 51.1 Å². The number of carbonyl (C=O) groups excluding carboxylic acids is 3. The molecular weight excluding hydrogens is 468 g/mol. The minimum absolute atomic E-state index is 0.0752. The number of hydrogen-bond donors (Lipinski definition) is 2. The highest BCUT2D eigenvalue weighted by Crippen LogP contribution is 2.20. The molecule has 9 nitrogen and oxygen atoms in total. The first kappa shape index (κ1) is 24.9. The Labute approximate surface area is 205 Å². The second-order valence-corrected chi connectivity index (χ2v) is 10.9. The summed E-state index contributed by atoms with van der Waals surface area (Å²) in [6.45, 7) is 2.61. The fourth-order valence-corrected chi connectivity index (χ4v) is 5.42. The summed E-state index contributed by atoms with van der Waals surface area (Å²) < 4.78 is 27.3. The average molecular weight is 499 g/mol. The number of rotatable bonds is 8. The van der Waals surface area contributed by atoms with Crippen LogP contribution in [0, 0.1) is 0 Å². The summed E-state index contributed by atoms with van der Waals surface area (Å²) >= 11 is 0. The molecule has 4 rings (SSSR count). The fourth-order valence-electron chi connectivity index (χ4n) is 4.00. The van der Waals surface area contributed by atoms with Gasteiger partial charge in [-0.2, -0.15) is 4.31 Å². The fraction of sp³-hybridized carbons (Fsp3) is 0.400. The lowest BCUT2D eigenvalue weighted by Gasteiger charge is -2.33. The highest BCUT2D eigenvalue weighted by Gasteiger charge is 2.30. The molecule has 2 aliphatic rings. The number of sulfonamides is 1. The van der Waals surface area contributed by atoms with E-state index in [0.717, 1.165) is 18.4 Å². The standard InChI is InChI=1S/C25H30N4O5S/c1-18(30)28-13-15-29(16-14-28)35(33,34)22-11-7-20(8-12-22)24(31)27-23(25(32)26-21-9-10-21)17-19-5-3-2-4-6-19/h2-8,11-12,21,23H,9-10,13-17H2,1H3,(H,26,32)(H,27,31). The van der Waals surface area contributed by atoms with Crippen LogP contribution in [-0.4, -0.2) is 73.6 Å². The van der Waals surface area contributed by atoms with E-state index in [-0.39, 0.29) is 41.4 Å². The molecule has 2 aromatic rings. The number of hydrogen-bond acceptors (Lipinski definition) is 5. The predicted molar refractivity (Wildman–Crippen MR) is 130 cm³/mol. The van der Waals surface area contributed by atoms with Crippen LogP contribution in [0.2, 0.25) is 0 Å². The Morgan fingerprint density at radius 2 is 1.57 bits per heavy atom. The Bertz CT molecular complexity index is 1170. The van der Waals surface area contributed by atoms with E-state index in [2.05, 4.69) is 10.6 Å². The van der Waals surface area contributed by atoms with Gasteiger partial charge in [0.05, 0.1) is 4.90 Å². The molecule has 2 fully saturated rings. The summed E-state index contributed by atoms with van der Waals surface area (Å²) in [6, 6.07) is 14.6. The van der Waals surface area contributed by atoms with Crippen LogP contribution in [0.5, 0.6) is 0 Å². The van der Waals surface area contributed by atoms with Crippen molar-refractivity contribution in [2.24, 2.45) is 0 Å². The van der Waals surface area contributed by atoms with E-state index in [1.165, 1.54) is 35.5 Å². The molecule has 0 bridgehead atoms. The number of nitrogens with one attached hydrogen (secondary N) is 2. The van der Waals surface area contributed by atoms with Crippen LogP contribution in [-0.2, 0) is 26.0 Å². The Kier molecular flexibility index (Phi) is 7.51. The van der Waals surface area contributed by atoms with E-state index in [9.17, 15) is 22.8 Å². The molecule has 10 heteroatoms. The van der Waals surface area contributed by atoms with Gasteiger partial charge < -0.3 is 15.5 Å². The van der Waals surface area contributed by atoms with Gasteiger partial charge in [0.1, 0.15) is 6.04 Å². The van der Waals surface area contributed by atoms with Crippen molar-refractivity contribution in [3.05, 3.63) is 65.7 Å². The molecule has 1 heterocycles. The molecule has 0 radical (unpaired) electrons. The molecule has 1 saturated carbocycles. The smallest absolute Gasteiger partial charge is 0.251 e. The van der Waals surface area contributed by atoms with E-state index in [1.54, 1.807) is 4.90 Å². The first-order valence-electron chi connectivity index (χ1n) is 11.7. The summed E-state index contributed by atoms with van der Waals surface area (Å²) in [6.07, 6.45) is 2.23. The second-order valence-electron chi connectivity index (χ2n) is 8.93. The van der Waals surface area contributed by atoms with Crippen LogP contribution in [0.3, 0.4) is 0 Å². The van der Waals surface area contributed by atoms with Gasteiger partial charge in [-0.3, -0.25) is 14.4 Å². The molecule has 2 N–H and O–H groups in total.